The lowest BCUT2D eigenvalue weighted by Gasteiger charge is -2.01. The molecule has 0 aliphatic heterocycles. The van der Waals surface area contributed by atoms with E-state index in [2.05, 4.69) is 31.9 Å². The maximum Gasteiger partial charge on any atom is 0.0950 e. The Balaban J connectivity index is 2.89. The molecule has 0 heterocycles. The van der Waals surface area contributed by atoms with Crippen LogP contribution in [0.4, 0.5) is 0 Å². The van der Waals surface area contributed by atoms with Crippen molar-refractivity contribution < 1.29 is 0 Å². The van der Waals surface area contributed by atoms with E-state index in [0.717, 1.165) is 14.5 Å². The number of hydrogen-bond donors (Lipinski definition) is 2. The molecule has 0 aliphatic carbocycles. The van der Waals surface area contributed by atoms with E-state index in [1.807, 2.05) is 18.2 Å². The van der Waals surface area contributed by atoms with Crippen molar-refractivity contribution in [1.29, 1.82) is 5.41 Å². The van der Waals surface area contributed by atoms with Crippen LogP contribution in [0.1, 0.15) is 5.56 Å². The Morgan fingerprint density at radius 3 is 2.50 bits per heavy atom. The lowest BCUT2D eigenvalue weighted by molar-refractivity contribution is 1.24. The van der Waals surface area contributed by atoms with Crippen molar-refractivity contribution in [3.63, 3.8) is 0 Å². The summed E-state index contributed by atoms with van der Waals surface area (Å²) in [6.45, 7) is 0. The summed E-state index contributed by atoms with van der Waals surface area (Å²) in [4.78, 5) is 0. The Morgan fingerprint density at radius 2 is 2.00 bits per heavy atom. The summed E-state index contributed by atoms with van der Waals surface area (Å²) in [6.07, 6.45) is 0.506. The van der Waals surface area contributed by atoms with Crippen LogP contribution < -0.4 is 5.73 Å². The molecule has 0 bridgehead atoms. The van der Waals surface area contributed by atoms with Gasteiger partial charge in [0.2, 0.25) is 0 Å². The Hall–Kier alpha value is -0.350. The quantitative estimate of drug-likeness (QED) is 0.639. The van der Waals surface area contributed by atoms with Crippen molar-refractivity contribution in [3.8, 4) is 0 Å². The predicted octanol–water partition coefficient (Wildman–Crippen LogP) is 2.69. The Morgan fingerprint density at radius 1 is 1.33 bits per heavy atom. The fourth-order valence-corrected chi connectivity index (χ4v) is 1.54. The molecule has 12 heavy (non-hydrogen) atoms. The molecule has 0 aromatic heterocycles. The first-order chi connectivity index (χ1) is 5.59. The molecule has 0 saturated carbocycles. The molecule has 0 spiro atoms. The highest BCUT2D eigenvalue weighted by atomic mass is 79.9. The molecule has 0 atom stereocenters. The number of nitrogens with one attached hydrogen (secondary N) is 1. The van der Waals surface area contributed by atoms with Gasteiger partial charge in [0.05, 0.1) is 5.84 Å². The van der Waals surface area contributed by atoms with Gasteiger partial charge in [-0.05, 0) is 49.6 Å². The van der Waals surface area contributed by atoms with Gasteiger partial charge in [-0.2, -0.15) is 0 Å². The summed E-state index contributed by atoms with van der Waals surface area (Å²) < 4.78 is 2.00. The maximum atomic E-state index is 7.11. The van der Waals surface area contributed by atoms with Gasteiger partial charge in [-0.3, -0.25) is 5.41 Å². The topological polar surface area (TPSA) is 49.9 Å². The minimum absolute atomic E-state index is 0.184. The van der Waals surface area contributed by atoms with E-state index in [-0.39, 0.29) is 5.84 Å². The highest BCUT2D eigenvalue weighted by molar-refractivity contribution is 9.13. The molecule has 0 amide bonds. The van der Waals surface area contributed by atoms with Gasteiger partial charge in [0.25, 0.3) is 0 Å². The van der Waals surface area contributed by atoms with Crippen LogP contribution in [-0.4, -0.2) is 5.84 Å². The van der Waals surface area contributed by atoms with Crippen molar-refractivity contribution in [2.75, 3.05) is 0 Å². The molecular formula is C8H8Br2N2. The molecule has 1 aromatic carbocycles. The molecule has 4 heteroatoms. The number of hydrogen-bond acceptors (Lipinski definition) is 1. The second-order valence-corrected chi connectivity index (χ2v) is 4.16. The summed E-state index contributed by atoms with van der Waals surface area (Å²) >= 11 is 6.74. The molecule has 64 valence electrons. The zero-order valence-corrected chi connectivity index (χ0v) is 9.44. The van der Waals surface area contributed by atoms with E-state index in [1.54, 1.807) is 0 Å². The highest BCUT2D eigenvalue weighted by Crippen LogP contribution is 2.23. The summed E-state index contributed by atoms with van der Waals surface area (Å²) in [5.41, 5.74) is 6.31. The van der Waals surface area contributed by atoms with Crippen LogP contribution in [0.5, 0.6) is 0 Å². The highest BCUT2D eigenvalue weighted by Gasteiger charge is 1.99. The van der Waals surface area contributed by atoms with Crippen LogP contribution in [0, 0.1) is 5.41 Å². The summed E-state index contributed by atoms with van der Waals surface area (Å²) in [7, 11) is 0. The van der Waals surface area contributed by atoms with E-state index in [0.29, 0.717) is 6.42 Å². The predicted molar refractivity (Wildman–Crippen MR) is 57.5 cm³/mol. The number of rotatable bonds is 2. The van der Waals surface area contributed by atoms with Gasteiger partial charge >= 0.3 is 0 Å². The van der Waals surface area contributed by atoms with Crippen molar-refractivity contribution >= 4 is 37.7 Å². The van der Waals surface area contributed by atoms with E-state index in [4.69, 9.17) is 11.1 Å². The molecule has 3 N–H and O–H groups in total. The average Bonchev–Trinajstić information content (AvgIpc) is 1.96. The van der Waals surface area contributed by atoms with Crippen molar-refractivity contribution in [3.05, 3.63) is 32.7 Å². The first-order valence-electron chi connectivity index (χ1n) is 3.36. The number of halogens is 2. The van der Waals surface area contributed by atoms with Gasteiger partial charge < -0.3 is 5.73 Å². The molecule has 0 saturated heterocycles. The van der Waals surface area contributed by atoms with Crippen LogP contribution in [0.15, 0.2) is 27.1 Å². The van der Waals surface area contributed by atoms with Gasteiger partial charge in [-0.1, -0.05) is 6.07 Å². The number of nitrogens with two attached hydrogens (primary N) is 1. The minimum Gasteiger partial charge on any atom is -0.387 e. The summed E-state index contributed by atoms with van der Waals surface area (Å²) in [6, 6.07) is 5.82. The van der Waals surface area contributed by atoms with Crippen molar-refractivity contribution in [1.82, 2.24) is 0 Å². The summed E-state index contributed by atoms with van der Waals surface area (Å²) in [5.74, 6) is 0.184. The first-order valence-corrected chi connectivity index (χ1v) is 4.95. The standard InChI is InChI=1S/C8H8Br2N2/c9-6-2-1-5(3-7(6)10)4-8(11)12/h1-3H,4H2,(H3,11,12). The number of benzene rings is 1. The first kappa shape index (κ1) is 9.74. The third kappa shape index (κ3) is 2.60. The Bertz CT molecular complexity index is 310. The summed E-state index contributed by atoms with van der Waals surface area (Å²) in [5, 5.41) is 7.11. The van der Waals surface area contributed by atoms with Gasteiger partial charge in [-0.15, -0.1) is 0 Å². The minimum atomic E-state index is 0.184. The zero-order chi connectivity index (χ0) is 9.14. The SMILES string of the molecule is N=C(N)Cc1ccc(Br)c(Br)c1. The van der Waals surface area contributed by atoms with Crippen LogP contribution in [-0.2, 0) is 6.42 Å². The molecule has 0 radical (unpaired) electrons. The third-order valence-corrected chi connectivity index (χ3v) is 3.26. The molecule has 2 nitrogen and oxygen atoms in total. The third-order valence-electron chi connectivity index (χ3n) is 1.38. The lowest BCUT2D eigenvalue weighted by atomic mass is 10.1. The second-order valence-electron chi connectivity index (χ2n) is 2.45. The van der Waals surface area contributed by atoms with Gasteiger partial charge in [0.15, 0.2) is 0 Å². The zero-order valence-electron chi connectivity index (χ0n) is 6.27. The molecular weight excluding hydrogens is 284 g/mol. The van der Waals surface area contributed by atoms with E-state index < -0.39 is 0 Å². The monoisotopic (exact) mass is 290 g/mol. The van der Waals surface area contributed by atoms with E-state index in [1.165, 1.54) is 0 Å². The molecule has 1 aromatic rings. The smallest absolute Gasteiger partial charge is 0.0950 e. The van der Waals surface area contributed by atoms with Gasteiger partial charge in [-0.25, -0.2) is 0 Å². The fourth-order valence-electron chi connectivity index (χ4n) is 0.870. The van der Waals surface area contributed by atoms with Crippen LogP contribution in [0.3, 0.4) is 0 Å². The molecule has 1 rings (SSSR count). The average molecular weight is 292 g/mol. The largest absolute Gasteiger partial charge is 0.387 e. The van der Waals surface area contributed by atoms with E-state index >= 15 is 0 Å². The second kappa shape index (κ2) is 4.05. The Labute approximate surface area is 87.9 Å². The Kier molecular flexibility index (Phi) is 3.29. The van der Waals surface area contributed by atoms with Crippen LogP contribution in [0.2, 0.25) is 0 Å². The fraction of sp³-hybridized carbons (Fsp3) is 0.125. The molecule has 0 aliphatic rings. The van der Waals surface area contributed by atoms with Gasteiger partial charge in [0.1, 0.15) is 0 Å². The number of amidine groups is 1. The van der Waals surface area contributed by atoms with Crippen molar-refractivity contribution in [2.45, 2.75) is 6.42 Å². The van der Waals surface area contributed by atoms with Crippen LogP contribution in [0.25, 0.3) is 0 Å². The van der Waals surface area contributed by atoms with E-state index in [9.17, 15) is 0 Å². The lowest BCUT2D eigenvalue weighted by Crippen LogP contribution is -2.12. The van der Waals surface area contributed by atoms with Crippen LogP contribution >= 0.6 is 31.9 Å². The molecule has 0 fully saturated rings. The molecule has 0 unspecified atom stereocenters. The van der Waals surface area contributed by atoms with Gasteiger partial charge in [0, 0.05) is 15.4 Å². The van der Waals surface area contributed by atoms with Crippen molar-refractivity contribution in [2.24, 2.45) is 5.73 Å². The normalized spacial score (nSPS) is 9.83. The maximum absolute atomic E-state index is 7.11.